The quantitative estimate of drug-likeness (QED) is 0.220. The number of nitrogens with one attached hydrogen (secondary N) is 2. The van der Waals surface area contributed by atoms with E-state index in [4.69, 9.17) is 21.1 Å². The molecular weight excluding hydrogens is 528 g/mol. The molecule has 8 nitrogen and oxygen atoms in total. The molecule has 0 aliphatic carbocycles. The molecule has 0 spiro atoms. The molecular formula is C28H31ClN2O6S. The van der Waals surface area contributed by atoms with Crippen LogP contribution in [0.15, 0.2) is 77.7 Å². The van der Waals surface area contributed by atoms with Crippen LogP contribution in [0, 0.1) is 0 Å². The number of unbranched alkanes of at least 4 members (excludes halogenated alkanes) is 1. The number of sulfonamides is 1. The highest BCUT2D eigenvalue weighted by Gasteiger charge is 2.29. The van der Waals surface area contributed by atoms with Crippen molar-refractivity contribution in [1.29, 1.82) is 0 Å². The van der Waals surface area contributed by atoms with Crippen molar-refractivity contribution in [2.45, 2.75) is 44.0 Å². The lowest BCUT2D eigenvalue weighted by Crippen LogP contribution is -2.45. The number of halogens is 1. The lowest BCUT2D eigenvalue weighted by Gasteiger charge is -2.20. The van der Waals surface area contributed by atoms with Crippen LogP contribution in [0.2, 0.25) is 5.02 Å². The molecule has 1 atom stereocenters. The summed E-state index contributed by atoms with van der Waals surface area (Å²) >= 11 is 6.07. The van der Waals surface area contributed by atoms with Gasteiger partial charge < -0.3 is 14.8 Å². The molecule has 3 aromatic carbocycles. The van der Waals surface area contributed by atoms with E-state index in [0.717, 1.165) is 18.4 Å². The van der Waals surface area contributed by atoms with Crippen molar-refractivity contribution in [3.05, 3.63) is 88.9 Å². The van der Waals surface area contributed by atoms with Crippen molar-refractivity contribution >= 4 is 39.2 Å². The zero-order valence-corrected chi connectivity index (χ0v) is 22.8. The van der Waals surface area contributed by atoms with Gasteiger partial charge in [0.05, 0.1) is 18.8 Å². The summed E-state index contributed by atoms with van der Waals surface area (Å²) in [7, 11) is -4.20. The number of hydrogen-bond acceptors (Lipinski definition) is 6. The van der Waals surface area contributed by atoms with Crippen LogP contribution in [-0.4, -0.2) is 39.5 Å². The van der Waals surface area contributed by atoms with E-state index < -0.39 is 27.9 Å². The second-order valence-electron chi connectivity index (χ2n) is 8.44. The zero-order valence-electron chi connectivity index (χ0n) is 21.3. The summed E-state index contributed by atoms with van der Waals surface area (Å²) in [6.45, 7) is 4.33. The van der Waals surface area contributed by atoms with Gasteiger partial charge in [0, 0.05) is 10.7 Å². The zero-order chi connectivity index (χ0) is 27.5. The van der Waals surface area contributed by atoms with Gasteiger partial charge in [0.1, 0.15) is 16.7 Å². The Balaban J connectivity index is 1.82. The Labute approximate surface area is 228 Å². The van der Waals surface area contributed by atoms with Gasteiger partial charge in [-0.2, -0.15) is 4.72 Å². The lowest BCUT2D eigenvalue weighted by molar-refractivity contribution is -0.117. The fraction of sp³-hybridized carbons (Fsp3) is 0.286. The van der Waals surface area contributed by atoms with Gasteiger partial charge in [-0.1, -0.05) is 55.3 Å². The van der Waals surface area contributed by atoms with E-state index in [1.165, 1.54) is 18.2 Å². The molecule has 0 saturated carbocycles. The summed E-state index contributed by atoms with van der Waals surface area (Å²) in [5, 5.41) is 2.94. The predicted octanol–water partition coefficient (Wildman–Crippen LogP) is 5.22. The maximum Gasteiger partial charge on any atom is 0.338 e. The fourth-order valence-corrected chi connectivity index (χ4v) is 5.17. The third-order valence-electron chi connectivity index (χ3n) is 5.51. The number of rotatable bonds is 13. The number of amides is 1. The second kappa shape index (κ2) is 13.9. The van der Waals surface area contributed by atoms with E-state index in [9.17, 15) is 18.0 Å². The van der Waals surface area contributed by atoms with Crippen LogP contribution in [0.5, 0.6) is 5.75 Å². The average molecular weight is 559 g/mol. The van der Waals surface area contributed by atoms with Crippen molar-refractivity contribution < 1.29 is 27.5 Å². The highest BCUT2D eigenvalue weighted by Crippen LogP contribution is 2.28. The minimum Gasteiger partial charge on any atom is -0.492 e. The van der Waals surface area contributed by atoms with E-state index in [-0.39, 0.29) is 28.7 Å². The van der Waals surface area contributed by atoms with Gasteiger partial charge in [-0.3, -0.25) is 4.79 Å². The summed E-state index contributed by atoms with van der Waals surface area (Å²) in [6.07, 6.45) is 1.79. The van der Waals surface area contributed by atoms with Crippen molar-refractivity contribution in [2.24, 2.45) is 0 Å². The molecule has 3 rings (SSSR count). The van der Waals surface area contributed by atoms with Crippen LogP contribution in [0.4, 0.5) is 5.69 Å². The van der Waals surface area contributed by atoms with Crippen LogP contribution < -0.4 is 14.8 Å². The number of hydrogen-bond donors (Lipinski definition) is 2. The van der Waals surface area contributed by atoms with Crippen LogP contribution in [0.25, 0.3) is 0 Å². The summed E-state index contributed by atoms with van der Waals surface area (Å²) in [4.78, 5) is 25.3. The van der Waals surface area contributed by atoms with Gasteiger partial charge in [0.2, 0.25) is 15.9 Å². The Morgan fingerprint density at radius 2 is 1.68 bits per heavy atom. The van der Waals surface area contributed by atoms with E-state index in [1.807, 2.05) is 13.0 Å². The second-order valence-corrected chi connectivity index (χ2v) is 10.6. The topological polar surface area (TPSA) is 111 Å². The molecule has 0 radical (unpaired) electrons. The number of carbonyl (C=O) groups excluding carboxylic acids is 2. The largest absolute Gasteiger partial charge is 0.492 e. The van der Waals surface area contributed by atoms with Gasteiger partial charge >= 0.3 is 5.97 Å². The molecule has 1 amide bonds. The Kier molecular flexibility index (Phi) is 10.7. The van der Waals surface area contributed by atoms with Crippen molar-refractivity contribution in [1.82, 2.24) is 4.72 Å². The Morgan fingerprint density at radius 3 is 2.34 bits per heavy atom. The summed E-state index contributed by atoms with van der Waals surface area (Å²) in [6, 6.07) is 18.4. The standard InChI is InChI=1S/C28H31ClN2O6S/c1-3-5-17-37-28(33)21-11-14-23(15-12-21)30-27(32)24(18-20-9-7-6-8-10-20)31-38(34,35)26-19-22(29)13-16-25(26)36-4-2/h6-16,19,24,31H,3-5,17-18H2,1-2H3,(H,30,32). The maximum absolute atomic E-state index is 13.4. The summed E-state index contributed by atoms with van der Waals surface area (Å²) in [5.74, 6) is -0.891. The maximum atomic E-state index is 13.4. The van der Waals surface area contributed by atoms with Crippen LogP contribution in [-0.2, 0) is 26.0 Å². The molecule has 0 aliphatic heterocycles. The average Bonchev–Trinajstić information content (AvgIpc) is 2.90. The Hall–Kier alpha value is -3.40. The summed E-state index contributed by atoms with van der Waals surface area (Å²) in [5.41, 5.74) is 1.51. The first-order valence-corrected chi connectivity index (χ1v) is 14.2. The monoisotopic (exact) mass is 558 g/mol. The molecule has 3 aromatic rings. The number of anilines is 1. The Morgan fingerprint density at radius 1 is 0.974 bits per heavy atom. The molecule has 0 heterocycles. The van der Waals surface area contributed by atoms with Crippen LogP contribution in [0.3, 0.4) is 0 Å². The minimum atomic E-state index is -4.20. The predicted molar refractivity (Wildman–Crippen MR) is 147 cm³/mol. The number of ether oxygens (including phenoxy) is 2. The molecule has 0 bridgehead atoms. The molecule has 10 heteroatoms. The van der Waals surface area contributed by atoms with Crippen LogP contribution >= 0.6 is 11.6 Å². The number of carbonyl (C=O) groups is 2. The number of esters is 1. The van der Waals surface area contributed by atoms with Crippen molar-refractivity contribution in [3.63, 3.8) is 0 Å². The SMILES string of the molecule is CCCCOC(=O)c1ccc(NC(=O)C(Cc2ccccc2)NS(=O)(=O)c2cc(Cl)ccc2OCC)cc1. The van der Waals surface area contributed by atoms with Crippen molar-refractivity contribution in [3.8, 4) is 5.75 Å². The smallest absolute Gasteiger partial charge is 0.338 e. The summed E-state index contributed by atoms with van der Waals surface area (Å²) < 4.78 is 40.0. The molecule has 0 aromatic heterocycles. The van der Waals surface area contributed by atoms with Gasteiger partial charge in [0.25, 0.3) is 0 Å². The van der Waals surface area contributed by atoms with Gasteiger partial charge in [0.15, 0.2) is 0 Å². The van der Waals surface area contributed by atoms with Crippen LogP contribution in [0.1, 0.15) is 42.6 Å². The highest BCUT2D eigenvalue weighted by atomic mass is 35.5. The lowest BCUT2D eigenvalue weighted by atomic mass is 10.1. The normalized spacial score (nSPS) is 12.0. The minimum absolute atomic E-state index is 0.0955. The molecule has 0 saturated heterocycles. The van der Waals surface area contributed by atoms with E-state index >= 15 is 0 Å². The molecule has 0 aliphatic rings. The molecule has 38 heavy (non-hydrogen) atoms. The van der Waals surface area contributed by atoms with Crippen molar-refractivity contribution in [2.75, 3.05) is 18.5 Å². The third-order valence-corrected chi connectivity index (χ3v) is 7.24. The van der Waals surface area contributed by atoms with Gasteiger partial charge in [-0.05, 0) is 67.8 Å². The van der Waals surface area contributed by atoms with Gasteiger partial charge in [-0.15, -0.1) is 0 Å². The van der Waals surface area contributed by atoms with E-state index in [0.29, 0.717) is 17.9 Å². The molecule has 2 N–H and O–H groups in total. The highest BCUT2D eigenvalue weighted by molar-refractivity contribution is 7.89. The van der Waals surface area contributed by atoms with E-state index in [2.05, 4.69) is 10.0 Å². The van der Waals surface area contributed by atoms with Gasteiger partial charge in [-0.25, -0.2) is 13.2 Å². The molecule has 1 unspecified atom stereocenters. The fourth-order valence-electron chi connectivity index (χ4n) is 3.57. The first-order valence-electron chi connectivity index (χ1n) is 12.3. The third kappa shape index (κ3) is 8.31. The first kappa shape index (κ1) is 29.2. The first-order chi connectivity index (χ1) is 18.2. The number of benzene rings is 3. The van der Waals surface area contributed by atoms with E-state index in [1.54, 1.807) is 55.5 Å². The Bertz CT molecular complexity index is 1330. The molecule has 0 fully saturated rings. The molecule has 202 valence electrons.